The Morgan fingerprint density at radius 2 is 1.95 bits per heavy atom. The number of nitrogens with one attached hydrogen (secondary N) is 2. The van der Waals surface area contributed by atoms with Gasteiger partial charge in [0.25, 0.3) is 0 Å². The molecule has 1 unspecified atom stereocenters. The SMILES string of the molecule is NC(CCc1cccc(Cl)c1)CC(=O)N(CCNCCc1ccc(O)c2[nH]c(=O)sc12)C1CCCCCC1. The molecule has 0 aliphatic heterocycles. The van der Waals surface area contributed by atoms with E-state index < -0.39 is 0 Å². The van der Waals surface area contributed by atoms with Crippen LogP contribution in [0.15, 0.2) is 41.2 Å². The van der Waals surface area contributed by atoms with Crippen molar-refractivity contribution < 1.29 is 9.90 Å². The van der Waals surface area contributed by atoms with Gasteiger partial charge in [0.2, 0.25) is 5.91 Å². The normalized spacial score (nSPS) is 15.4. The highest BCUT2D eigenvalue weighted by Gasteiger charge is 2.25. The van der Waals surface area contributed by atoms with Crippen LogP contribution < -0.4 is 15.9 Å². The Kier molecular flexibility index (Phi) is 10.6. The fourth-order valence-electron chi connectivity index (χ4n) is 5.39. The molecule has 7 nitrogen and oxygen atoms in total. The van der Waals surface area contributed by atoms with Gasteiger partial charge in [0.05, 0.1) is 4.70 Å². The van der Waals surface area contributed by atoms with Crippen molar-refractivity contribution in [3.8, 4) is 5.75 Å². The van der Waals surface area contributed by atoms with Crippen molar-refractivity contribution in [2.45, 2.75) is 76.3 Å². The molecule has 0 bridgehead atoms. The highest BCUT2D eigenvalue weighted by Crippen LogP contribution is 2.28. The quantitative estimate of drug-likeness (QED) is 0.185. The van der Waals surface area contributed by atoms with E-state index in [1.165, 1.54) is 25.7 Å². The minimum Gasteiger partial charge on any atom is -0.506 e. The largest absolute Gasteiger partial charge is 0.506 e. The second kappa shape index (κ2) is 14.1. The maximum Gasteiger partial charge on any atom is 0.305 e. The van der Waals surface area contributed by atoms with Gasteiger partial charge in [-0.05, 0) is 68.0 Å². The monoisotopic (exact) mass is 558 g/mol. The van der Waals surface area contributed by atoms with E-state index in [4.69, 9.17) is 17.3 Å². The molecular formula is C29H39ClN4O3S. The number of carbonyl (C=O) groups is 1. The van der Waals surface area contributed by atoms with E-state index in [1.54, 1.807) is 6.07 Å². The maximum absolute atomic E-state index is 13.4. The molecule has 4 rings (SSSR count). The van der Waals surface area contributed by atoms with Crippen LogP contribution >= 0.6 is 22.9 Å². The van der Waals surface area contributed by atoms with Crippen molar-refractivity contribution in [1.82, 2.24) is 15.2 Å². The average molecular weight is 559 g/mol. The standard InChI is InChI=1S/C29H39ClN4O3S/c30-22-7-5-6-20(18-22)10-12-23(31)19-26(36)34(24-8-3-1-2-4-9-24)17-16-32-15-14-21-11-13-25(35)27-28(21)38-29(37)33-27/h5-7,11,13,18,23-24,32,35H,1-4,8-10,12,14-17,19,31H2,(H,33,37). The van der Waals surface area contributed by atoms with Crippen LogP contribution in [0, 0.1) is 0 Å². The molecule has 1 amide bonds. The summed E-state index contributed by atoms with van der Waals surface area (Å²) in [6, 6.07) is 11.4. The van der Waals surface area contributed by atoms with Gasteiger partial charge in [-0.2, -0.15) is 0 Å². The number of phenolic OH excluding ortho intramolecular Hbond substituents is 1. The Bertz CT molecular complexity index is 1250. The molecule has 1 aliphatic carbocycles. The molecule has 0 radical (unpaired) electrons. The van der Waals surface area contributed by atoms with E-state index in [0.29, 0.717) is 25.0 Å². The minimum atomic E-state index is -0.187. The lowest BCUT2D eigenvalue weighted by atomic mass is 10.0. The number of hydrogen-bond acceptors (Lipinski definition) is 6. The summed E-state index contributed by atoms with van der Waals surface area (Å²) in [6.07, 6.45) is 9.56. The lowest BCUT2D eigenvalue weighted by Crippen LogP contribution is -2.45. The number of aromatic amines is 1. The first-order valence-corrected chi connectivity index (χ1v) is 14.9. The number of carbonyl (C=O) groups excluding carboxylic acids is 1. The van der Waals surface area contributed by atoms with E-state index in [9.17, 15) is 14.7 Å². The molecule has 206 valence electrons. The fourth-order valence-corrected chi connectivity index (χ4v) is 6.50. The van der Waals surface area contributed by atoms with Crippen molar-refractivity contribution >= 4 is 39.1 Å². The lowest BCUT2D eigenvalue weighted by Gasteiger charge is -2.32. The third-order valence-electron chi connectivity index (χ3n) is 7.46. The van der Waals surface area contributed by atoms with Crippen LogP contribution in [0.5, 0.6) is 5.75 Å². The Hall–Kier alpha value is -2.39. The zero-order valence-corrected chi connectivity index (χ0v) is 23.5. The van der Waals surface area contributed by atoms with Crippen molar-refractivity contribution in [2.24, 2.45) is 5.73 Å². The predicted octanol–water partition coefficient (Wildman–Crippen LogP) is 4.98. The molecule has 1 atom stereocenters. The molecular weight excluding hydrogens is 520 g/mol. The summed E-state index contributed by atoms with van der Waals surface area (Å²) in [6.45, 7) is 2.08. The molecule has 1 aliphatic rings. The third kappa shape index (κ3) is 8.06. The van der Waals surface area contributed by atoms with Gasteiger partial charge in [-0.3, -0.25) is 9.59 Å². The number of phenols is 1. The molecule has 1 aromatic heterocycles. The molecule has 9 heteroatoms. The summed E-state index contributed by atoms with van der Waals surface area (Å²) >= 11 is 7.23. The second-order valence-electron chi connectivity index (χ2n) is 10.3. The topological polar surface area (TPSA) is 111 Å². The number of rotatable bonds is 12. The number of H-pyrrole nitrogens is 1. The zero-order chi connectivity index (χ0) is 26.9. The first-order chi connectivity index (χ1) is 18.4. The van der Waals surface area contributed by atoms with Crippen LogP contribution in [-0.2, 0) is 17.6 Å². The highest BCUT2D eigenvalue weighted by atomic mass is 35.5. The molecule has 38 heavy (non-hydrogen) atoms. The van der Waals surface area contributed by atoms with Crippen molar-refractivity contribution in [3.63, 3.8) is 0 Å². The van der Waals surface area contributed by atoms with E-state index in [0.717, 1.165) is 70.8 Å². The lowest BCUT2D eigenvalue weighted by molar-refractivity contribution is -0.134. The number of amides is 1. The number of fused-ring (bicyclic) bond motifs is 1. The molecule has 2 aromatic carbocycles. The van der Waals surface area contributed by atoms with E-state index >= 15 is 0 Å². The molecule has 5 N–H and O–H groups in total. The number of halogens is 1. The van der Waals surface area contributed by atoms with Crippen LogP contribution in [-0.4, -0.2) is 52.6 Å². The summed E-state index contributed by atoms with van der Waals surface area (Å²) in [5.74, 6) is 0.244. The van der Waals surface area contributed by atoms with Gasteiger partial charge < -0.3 is 26.0 Å². The molecule has 0 spiro atoms. The van der Waals surface area contributed by atoms with Crippen molar-refractivity contribution in [3.05, 3.63) is 62.2 Å². The molecule has 3 aromatic rings. The summed E-state index contributed by atoms with van der Waals surface area (Å²) in [5, 5.41) is 14.2. The number of aryl methyl sites for hydroxylation is 1. The number of nitrogens with zero attached hydrogens (tertiary/aromatic N) is 1. The smallest absolute Gasteiger partial charge is 0.305 e. The van der Waals surface area contributed by atoms with Gasteiger partial charge in [-0.25, -0.2) is 0 Å². The fraction of sp³-hybridized carbons (Fsp3) is 0.517. The van der Waals surface area contributed by atoms with Gasteiger partial charge in [0, 0.05) is 36.6 Å². The van der Waals surface area contributed by atoms with Gasteiger partial charge in [-0.15, -0.1) is 0 Å². The zero-order valence-electron chi connectivity index (χ0n) is 21.9. The Labute approximate surface area is 233 Å². The van der Waals surface area contributed by atoms with E-state index in [2.05, 4.69) is 15.2 Å². The Balaban J connectivity index is 1.29. The number of benzene rings is 2. The average Bonchev–Trinajstić information content (AvgIpc) is 3.10. The summed E-state index contributed by atoms with van der Waals surface area (Å²) in [5.41, 5.74) is 9.09. The van der Waals surface area contributed by atoms with Gasteiger partial charge in [0.15, 0.2) is 0 Å². The predicted molar refractivity (Wildman–Crippen MR) is 156 cm³/mol. The minimum absolute atomic E-state index is 0.0957. The van der Waals surface area contributed by atoms with Gasteiger partial charge in [0.1, 0.15) is 11.3 Å². The Morgan fingerprint density at radius 3 is 2.71 bits per heavy atom. The molecule has 1 heterocycles. The molecule has 1 saturated carbocycles. The molecule has 0 saturated heterocycles. The number of thiazole rings is 1. The highest BCUT2D eigenvalue weighted by molar-refractivity contribution is 7.16. The second-order valence-corrected chi connectivity index (χ2v) is 11.7. The number of nitrogens with two attached hydrogens (primary N) is 1. The van der Waals surface area contributed by atoms with Crippen molar-refractivity contribution in [2.75, 3.05) is 19.6 Å². The van der Waals surface area contributed by atoms with Gasteiger partial charge in [-0.1, -0.05) is 66.8 Å². The van der Waals surface area contributed by atoms with Crippen LogP contribution in [0.25, 0.3) is 10.2 Å². The van der Waals surface area contributed by atoms with Crippen molar-refractivity contribution in [1.29, 1.82) is 0 Å². The number of aromatic hydroxyl groups is 1. The van der Waals surface area contributed by atoms with Crippen LogP contribution in [0.2, 0.25) is 5.02 Å². The Morgan fingerprint density at radius 1 is 1.16 bits per heavy atom. The van der Waals surface area contributed by atoms with E-state index in [1.807, 2.05) is 30.3 Å². The van der Waals surface area contributed by atoms with Crippen LogP contribution in [0.3, 0.4) is 0 Å². The molecule has 1 fully saturated rings. The number of aromatic nitrogens is 1. The van der Waals surface area contributed by atoms with Gasteiger partial charge >= 0.3 is 4.87 Å². The van der Waals surface area contributed by atoms with Crippen LogP contribution in [0.4, 0.5) is 0 Å². The van der Waals surface area contributed by atoms with E-state index in [-0.39, 0.29) is 28.6 Å². The summed E-state index contributed by atoms with van der Waals surface area (Å²) in [4.78, 5) is 29.8. The first-order valence-electron chi connectivity index (χ1n) is 13.7. The summed E-state index contributed by atoms with van der Waals surface area (Å²) in [7, 11) is 0. The maximum atomic E-state index is 13.4. The number of hydrogen-bond donors (Lipinski definition) is 4. The summed E-state index contributed by atoms with van der Waals surface area (Å²) < 4.78 is 0.804. The first kappa shape index (κ1) is 28.6. The van der Waals surface area contributed by atoms with Crippen LogP contribution in [0.1, 0.15) is 62.5 Å². The third-order valence-corrected chi connectivity index (χ3v) is 8.65.